The first-order valence-corrected chi connectivity index (χ1v) is 11.1. The van der Waals surface area contributed by atoms with Crippen molar-refractivity contribution in [2.45, 2.75) is 26.2 Å². The van der Waals surface area contributed by atoms with E-state index in [-0.39, 0.29) is 11.2 Å². The van der Waals surface area contributed by atoms with Crippen LogP contribution < -0.4 is 5.73 Å². The molecule has 6 heteroatoms. The van der Waals surface area contributed by atoms with Crippen LogP contribution in [0.4, 0.5) is 0 Å². The van der Waals surface area contributed by atoms with Crippen LogP contribution in [0.1, 0.15) is 41.4 Å². The highest BCUT2D eigenvalue weighted by molar-refractivity contribution is 5.88. The van der Waals surface area contributed by atoms with Crippen LogP contribution in [0.2, 0.25) is 0 Å². The van der Waals surface area contributed by atoms with Crippen LogP contribution in [-0.2, 0) is 5.41 Å². The van der Waals surface area contributed by atoms with Crippen molar-refractivity contribution in [3.05, 3.63) is 108 Å². The lowest BCUT2D eigenvalue weighted by molar-refractivity contribution is 0.0990. The van der Waals surface area contributed by atoms with Gasteiger partial charge in [-0.2, -0.15) is 0 Å². The lowest BCUT2D eigenvalue weighted by atomic mass is 9.78. The van der Waals surface area contributed by atoms with Crippen molar-refractivity contribution in [1.29, 1.82) is 0 Å². The largest absolute Gasteiger partial charge is 0.363 e. The summed E-state index contributed by atoms with van der Waals surface area (Å²) in [6, 6.07) is 25.4. The van der Waals surface area contributed by atoms with E-state index in [2.05, 4.69) is 83.5 Å². The summed E-state index contributed by atoms with van der Waals surface area (Å²) >= 11 is 0. The molecule has 0 unspecified atom stereocenters. The van der Waals surface area contributed by atoms with Gasteiger partial charge in [0.2, 0.25) is 5.82 Å². The van der Waals surface area contributed by atoms with E-state index in [1.165, 1.54) is 27.6 Å². The Hall–Kier alpha value is -4.32. The Morgan fingerprint density at radius 3 is 2.15 bits per heavy atom. The molecule has 2 N–H and O–H groups in total. The number of carbonyl (C=O) groups excluding carboxylic acids is 1. The second-order valence-corrected chi connectivity index (χ2v) is 8.95. The number of amides is 1. The molecule has 0 saturated heterocycles. The molecule has 0 spiro atoms. The van der Waals surface area contributed by atoms with Crippen molar-refractivity contribution >= 4 is 16.7 Å². The first-order valence-electron chi connectivity index (χ1n) is 11.1. The molecule has 0 atom stereocenters. The van der Waals surface area contributed by atoms with E-state index >= 15 is 0 Å². The lowest BCUT2D eigenvalue weighted by Gasteiger charge is -2.26. The smallest absolute Gasteiger partial charge is 0.288 e. The first-order chi connectivity index (χ1) is 16.3. The van der Waals surface area contributed by atoms with E-state index in [0.717, 1.165) is 11.1 Å². The number of nitrogens with two attached hydrogens (primary N) is 1. The second-order valence-electron chi connectivity index (χ2n) is 8.95. The second kappa shape index (κ2) is 8.23. The summed E-state index contributed by atoms with van der Waals surface area (Å²) in [7, 11) is 0. The third kappa shape index (κ3) is 3.83. The first kappa shape index (κ1) is 21.5. The molecule has 34 heavy (non-hydrogen) atoms. The summed E-state index contributed by atoms with van der Waals surface area (Å²) < 4.78 is 1.63. The number of aryl methyl sites for hydroxylation is 1. The number of fused-ring (bicyclic) bond motifs is 1. The molecular weight excluding hydrogens is 422 g/mol. The molecule has 0 aliphatic rings. The maximum atomic E-state index is 11.4. The molecule has 0 aliphatic heterocycles. The Bertz CT molecular complexity index is 1500. The van der Waals surface area contributed by atoms with Crippen LogP contribution in [0.5, 0.6) is 0 Å². The zero-order valence-electron chi connectivity index (χ0n) is 19.4. The third-order valence-electron chi connectivity index (χ3n) is 6.40. The highest BCUT2D eigenvalue weighted by atomic mass is 16.1. The average molecular weight is 448 g/mol. The van der Waals surface area contributed by atoms with E-state index in [4.69, 9.17) is 5.73 Å². The Kier molecular flexibility index (Phi) is 5.21. The minimum atomic E-state index is -0.636. The lowest BCUT2D eigenvalue weighted by Crippen LogP contribution is -2.19. The summed E-state index contributed by atoms with van der Waals surface area (Å²) in [6.45, 7) is 6.22. The van der Waals surface area contributed by atoms with Crippen molar-refractivity contribution < 1.29 is 4.79 Å². The van der Waals surface area contributed by atoms with Gasteiger partial charge < -0.3 is 5.73 Å². The van der Waals surface area contributed by atoms with E-state index < -0.39 is 5.91 Å². The molecule has 5 aromatic rings. The van der Waals surface area contributed by atoms with Gasteiger partial charge in [0.25, 0.3) is 5.91 Å². The summed E-state index contributed by atoms with van der Waals surface area (Å²) in [5.41, 5.74) is 10.7. The van der Waals surface area contributed by atoms with Crippen molar-refractivity contribution in [2.75, 3.05) is 0 Å². The fraction of sp³-hybridized carbons (Fsp3) is 0.143. The molecule has 2 heterocycles. The van der Waals surface area contributed by atoms with Crippen molar-refractivity contribution in [3.63, 3.8) is 0 Å². The van der Waals surface area contributed by atoms with E-state index in [1.807, 2.05) is 30.6 Å². The maximum Gasteiger partial charge on any atom is 0.288 e. The molecule has 0 bridgehead atoms. The summed E-state index contributed by atoms with van der Waals surface area (Å²) in [5, 5.41) is 6.54. The van der Waals surface area contributed by atoms with Gasteiger partial charge in [-0.3, -0.25) is 9.78 Å². The normalized spacial score (nSPS) is 11.6. The van der Waals surface area contributed by atoms with Gasteiger partial charge in [0.15, 0.2) is 0 Å². The highest BCUT2D eigenvalue weighted by Crippen LogP contribution is 2.34. The SMILES string of the molecule is Cc1nc(C(N)=O)nn1-c1ccc(C(C)(C)c2ccc(-c3ccc4ccncc4c3)cc2)cc1. The molecule has 0 aliphatic carbocycles. The molecule has 0 radical (unpaired) electrons. The topological polar surface area (TPSA) is 86.7 Å². The zero-order chi connectivity index (χ0) is 23.9. The fourth-order valence-electron chi connectivity index (χ4n) is 4.27. The van der Waals surface area contributed by atoms with Gasteiger partial charge in [0.1, 0.15) is 5.82 Å². The summed E-state index contributed by atoms with van der Waals surface area (Å²) in [4.78, 5) is 19.8. The quantitative estimate of drug-likeness (QED) is 0.400. The van der Waals surface area contributed by atoms with Crippen molar-refractivity contribution in [3.8, 4) is 16.8 Å². The number of pyridine rings is 1. The summed E-state index contributed by atoms with van der Waals surface area (Å²) in [6.07, 6.45) is 3.71. The number of benzene rings is 3. The van der Waals surface area contributed by atoms with Crippen LogP contribution in [-0.4, -0.2) is 25.7 Å². The number of hydrogen-bond donors (Lipinski definition) is 1. The Morgan fingerprint density at radius 1 is 0.853 bits per heavy atom. The fourth-order valence-corrected chi connectivity index (χ4v) is 4.27. The Morgan fingerprint density at radius 2 is 1.50 bits per heavy atom. The monoisotopic (exact) mass is 447 g/mol. The number of rotatable bonds is 5. The van der Waals surface area contributed by atoms with E-state index in [0.29, 0.717) is 5.82 Å². The maximum absolute atomic E-state index is 11.4. The van der Waals surface area contributed by atoms with Crippen LogP contribution >= 0.6 is 0 Å². The predicted octanol–water partition coefficient (Wildman–Crippen LogP) is 5.22. The molecule has 0 fully saturated rings. The van der Waals surface area contributed by atoms with Crippen LogP contribution in [0.25, 0.3) is 27.6 Å². The van der Waals surface area contributed by atoms with Crippen LogP contribution in [0, 0.1) is 6.92 Å². The Balaban J connectivity index is 1.41. The van der Waals surface area contributed by atoms with Gasteiger partial charge in [-0.25, -0.2) is 9.67 Å². The molecule has 5 rings (SSSR count). The minimum Gasteiger partial charge on any atom is -0.363 e. The number of carbonyl (C=O) groups is 1. The molecule has 168 valence electrons. The predicted molar refractivity (Wildman–Crippen MR) is 134 cm³/mol. The molecule has 6 nitrogen and oxygen atoms in total. The average Bonchev–Trinajstić information content (AvgIpc) is 3.26. The molecule has 2 aromatic heterocycles. The van der Waals surface area contributed by atoms with Gasteiger partial charge in [-0.05, 0) is 58.8 Å². The molecule has 3 aromatic carbocycles. The number of nitrogens with zero attached hydrogens (tertiary/aromatic N) is 4. The van der Waals surface area contributed by atoms with Gasteiger partial charge in [0.05, 0.1) is 5.69 Å². The Labute approximate surface area is 198 Å². The van der Waals surface area contributed by atoms with Crippen molar-refractivity contribution in [1.82, 2.24) is 19.7 Å². The third-order valence-corrected chi connectivity index (χ3v) is 6.40. The minimum absolute atomic E-state index is 0.0182. The van der Waals surface area contributed by atoms with E-state index in [9.17, 15) is 4.79 Å². The molecular formula is C28H25N5O. The standard InChI is InChI=1S/C28H25N5O/c1-18-31-27(26(29)34)32-33(18)25-12-10-24(11-13-25)28(2,3)23-8-6-19(7-9-23)21-5-4-20-14-15-30-17-22(20)16-21/h4-17H,1-3H3,(H2,29,34). The number of aromatic nitrogens is 4. The van der Waals surface area contributed by atoms with Gasteiger partial charge in [-0.1, -0.05) is 62.4 Å². The molecule has 1 amide bonds. The van der Waals surface area contributed by atoms with Crippen LogP contribution in [0.15, 0.2) is 85.2 Å². The van der Waals surface area contributed by atoms with Gasteiger partial charge in [0, 0.05) is 23.2 Å². The zero-order valence-corrected chi connectivity index (χ0v) is 19.4. The number of primary amides is 1. The van der Waals surface area contributed by atoms with Crippen molar-refractivity contribution in [2.24, 2.45) is 5.73 Å². The van der Waals surface area contributed by atoms with Gasteiger partial charge in [-0.15, -0.1) is 5.10 Å². The van der Waals surface area contributed by atoms with Crippen LogP contribution in [0.3, 0.4) is 0 Å². The highest BCUT2D eigenvalue weighted by Gasteiger charge is 2.23. The van der Waals surface area contributed by atoms with E-state index in [1.54, 1.807) is 11.6 Å². The summed E-state index contributed by atoms with van der Waals surface area (Å²) in [5.74, 6) is -0.00560. The molecule has 0 saturated carbocycles. The number of hydrogen-bond acceptors (Lipinski definition) is 4. The van der Waals surface area contributed by atoms with Gasteiger partial charge >= 0.3 is 0 Å².